The molecule has 0 unspecified atom stereocenters. The van der Waals surface area contributed by atoms with Crippen LogP contribution in [0.15, 0.2) is 59.5 Å². The summed E-state index contributed by atoms with van der Waals surface area (Å²) in [7, 11) is -4.53. The molecule has 2 heterocycles. The van der Waals surface area contributed by atoms with Crippen LogP contribution in [0.3, 0.4) is 0 Å². The van der Waals surface area contributed by atoms with Crippen LogP contribution in [0.2, 0.25) is 0 Å². The lowest BCUT2D eigenvalue weighted by atomic mass is 10.0. The summed E-state index contributed by atoms with van der Waals surface area (Å²) >= 11 is 0. The van der Waals surface area contributed by atoms with E-state index in [1.54, 1.807) is 4.72 Å². The van der Waals surface area contributed by atoms with E-state index in [0.717, 1.165) is 30.6 Å². The maximum Gasteiger partial charge on any atom is 0.405 e. The number of hydrogen-bond acceptors (Lipinski definition) is 6. The molecule has 1 atom stereocenters. The van der Waals surface area contributed by atoms with Crippen molar-refractivity contribution in [1.29, 1.82) is 5.41 Å². The average molecular weight is 441 g/mol. The van der Waals surface area contributed by atoms with E-state index < -0.39 is 45.1 Å². The minimum atomic E-state index is -4.85. The summed E-state index contributed by atoms with van der Waals surface area (Å²) in [5, 5.41) is 7.92. The number of nitrogens with one attached hydrogen (secondary N) is 2. The Bertz CT molecular complexity index is 1140. The van der Waals surface area contributed by atoms with Crippen molar-refractivity contribution in [3.63, 3.8) is 0 Å². The third kappa shape index (κ3) is 4.54. The van der Waals surface area contributed by atoms with Crippen molar-refractivity contribution in [2.24, 2.45) is 0 Å². The van der Waals surface area contributed by atoms with Crippen LogP contribution in [0, 0.1) is 5.41 Å². The molecule has 30 heavy (non-hydrogen) atoms. The lowest BCUT2D eigenvalue weighted by molar-refractivity contribution is -0.150. The Morgan fingerprint density at radius 2 is 1.87 bits per heavy atom. The van der Waals surface area contributed by atoms with Gasteiger partial charge in [-0.25, -0.2) is 22.8 Å². The number of halogens is 4. The zero-order valence-electron chi connectivity index (χ0n) is 15.1. The first-order valence-corrected chi connectivity index (χ1v) is 9.90. The number of benzene rings is 1. The molecule has 1 aromatic heterocycles. The van der Waals surface area contributed by atoms with Gasteiger partial charge in [0.2, 0.25) is 16.0 Å². The molecule has 158 valence electrons. The Kier molecular flexibility index (Phi) is 5.72. The predicted molar refractivity (Wildman–Crippen MR) is 102 cm³/mol. The van der Waals surface area contributed by atoms with Gasteiger partial charge in [-0.3, -0.25) is 5.41 Å². The van der Waals surface area contributed by atoms with E-state index in [-0.39, 0.29) is 22.6 Å². The number of nitrogens with zero attached hydrogens (tertiary/aromatic N) is 2. The molecule has 7 nitrogen and oxygen atoms in total. The highest BCUT2D eigenvalue weighted by Crippen LogP contribution is 2.32. The monoisotopic (exact) mass is 441 g/mol. The van der Waals surface area contributed by atoms with E-state index in [4.69, 9.17) is 11.1 Å². The van der Waals surface area contributed by atoms with Gasteiger partial charge in [0, 0.05) is 23.5 Å². The first-order chi connectivity index (χ1) is 14.0. The van der Waals surface area contributed by atoms with E-state index in [9.17, 15) is 26.0 Å². The van der Waals surface area contributed by atoms with Crippen molar-refractivity contribution >= 4 is 27.3 Å². The minimum Gasteiger partial charge on any atom is -0.368 e. The Labute approximate surface area is 168 Å². The van der Waals surface area contributed by atoms with Crippen molar-refractivity contribution in [2.45, 2.75) is 23.5 Å². The number of rotatable bonds is 3. The summed E-state index contributed by atoms with van der Waals surface area (Å²) < 4.78 is 81.1. The number of hydrogen-bond donors (Lipinski definition) is 3. The van der Waals surface area contributed by atoms with E-state index in [1.807, 2.05) is 0 Å². The topological polar surface area (TPSA) is 122 Å². The predicted octanol–water partition coefficient (Wildman–Crippen LogP) is 2.98. The van der Waals surface area contributed by atoms with Crippen LogP contribution in [-0.4, -0.2) is 36.3 Å². The maximum atomic E-state index is 14.7. The number of fused-ring (bicyclic) bond motifs is 1. The third-order valence-electron chi connectivity index (χ3n) is 4.24. The van der Waals surface area contributed by atoms with Crippen LogP contribution in [0.25, 0.3) is 5.57 Å². The number of alkyl halides is 3. The summed E-state index contributed by atoms with van der Waals surface area (Å²) in [5.74, 6) is -1.19. The highest BCUT2D eigenvalue weighted by atomic mass is 32.2. The first-order valence-electron chi connectivity index (χ1n) is 8.41. The molecule has 0 radical (unpaired) electrons. The molecule has 12 heteroatoms. The summed E-state index contributed by atoms with van der Waals surface area (Å²) in [5.41, 5.74) is 4.59. The molecule has 0 aliphatic carbocycles. The summed E-state index contributed by atoms with van der Waals surface area (Å²) in [4.78, 5) is 6.87. The van der Waals surface area contributed by atoms with E-state index in [1.165, 1.54) is 18.2 Å². The van der Waals surface area contributed by atoms with Gasteiger partial charge in [-0.2, -0.15) is 17.9 Å². The molecule has 1 aliphatic rings. The molecule has 4 N–H and O–H groups in total. The molecule has 1 aliphatic heterocycles. The summed E-state index contributed by atoms with van der Waals surface area (Å²) in [6.07, 6.45) is -1.48. The van der Waals surface area contributed by atoms with Crippen molar-refractivity contribution < 1.29 is 26.0 Å². The largest absolute Gasteiger partial charge is 0.405 e. The van der Waals surface area contributed by atoms with Crippen molar-refractivity contribution in [3.8, 4) is 0 Å². The fourth-order valence-corrected chi connectivity index (χ4v) is 4.21. The molecular weight excluding hydrogens is 426 g/mol. The number of allylic oxidation sites excluding steroid dienone is 3. The van der Waals surface area contributed by atoms with Gasteiger partial charge in [-0.15, -0.1) is 0 Å². The summed E-state index contributed by atoms with van der Waals surface area (Å²) in [6.45, 7) is 0. The van der Waals surface area contributed by atoms with Crippen LogP contribution < -0.4 is 10.5 Å². The van der Waals surface area contributed by atoms with Gasteiger partial charge in [0.05, 0.1) is 4.90 Å². The van der Waals surface area contributed by atoms with Gasteiger partial charge < -0.3 is 5.73 Å². The van der Waals surface area contributed by atoms with Crippen molar-refractivity contribution in [1.82, 2.24) is 14.7 Å². The minimum absolute atomic E-state index is 0.00197. The SMILES string of the molecule is N=C(/C(F)=C\C1=C/C[C@H](C(F)(F)F)NS(=O)(=O)c2ccccc21)c1cnc(N)nc1. The Morgan fingerprint density at radius 3 is 2.50 bits per heavy atom. The van der Waals surface area contributed by atoms with Crippen LogP contribution in [0.4, 0.5) is 23.5 Å². The highest BCUT2D eigenvalue weighted by Gasteiger charge is 2.42. The second kappa shape index (κ2) is 7.95. The van der Waals surface area contributed by atoms with Crippen molar-refractivity contribution in [2.75, 3.05) is 5.73 Å². The molecule has 0 saturated heterocycles. The van der Waals surface area contributed by atoms with Gasteiger partial charge in [0.25, 0.3) is 0 Å². The Hall–Kier alpha value is -3.12. The molecule has 0 amide bonds. The molecule has 0 saturated carbocycles. The van der Waals surface area contributed by atoms with Crippen LogP contribution in [0.1, 0.15) is 17.5 Å². The third-order valence-corrected chi connectivity index (χ3v) is 5.76. The summed E-state index contributed by atoms with van der Waals surface area (Å²) in [6, 6.07) is 2.89. The van der Waals surface area contributed by atoms with Crippen LogP contribution in [0.5, 0.6) is 0 Å². The number of nitrogens with two attached hydrogens (primary N) is 1. The van der Waals surface area contributed by atoms with Gasteiger partial charge >= 0.3 is 6.18 Å². The Morgan fingerprint density at radius 1 is 1.23 bits per heavy atom. The van der Waals surface area contributed by atoms with Gasteiger partial charge in [0.15, 0.2) is 0 Å². The smallest absolute Gasteiger partial charge is 0.368 e. The second-order valence-corrected chi connectivity index (χ2v) is 7.99. The van der Waals surface area contributed by atoms with E-state index >= 15 is 0 Å². The Balaban J connectivity index is 2.09. The number of anilines is 1. The van der Waals surface area contributed by atoms with E-state index in [0.29, 0.717) is 0 Å². The van der Waals surface area contributed by atoms with Gasteiger partial charge in [-0.05, 0) is 24.1 Å². The van der Waals surface area contributed by atoms with Gasteiger partial charge in [0.1, 0.15) is 17.6 Å². The molecule has 2 aromatic rings. The molecule has 0 bridgehead atoms. The average Bonchev–Trinajstić information content (AvgIpc) is 2.68. The van der Waals surface area contributed by atoms with Crippen LogP contribution in [-0.2, 0) is 10.0 Å². The van der Waals surface area contributed by atoms with Crippen LogP contribution >= 0.6 is 0 Å². The number of nitrogen functional groups attached to an aromatic ring is 1. The standard InChI is InChI=1S/C18H15F4N5O2S/c19-13(16(23)11-8-25-17(24)26-9-11)7-10-5-6-15(18(20,21)22)27-30(28,29)14-4-2-1-3-12(10)14/h1-5,7-9,15,23,27H,6H2,(H2,24,25,26)/b10-5+,13-7+,23-16?/t15-/m1/s1. The van der Waals surface area contributed by atoms with Gasteiger partial charge in [-0.1, -0.05) is 24.3 Å². The fourth-order valence-electron chi connectivity index (χ4n) is 2.74. The quantitative estimate of drug-likeness (QED) is 0.499. The number of aromatic nitrogens is 2. The lowest BCUT2D eigenvalue weighted by Gasteiger charge is -2.24. The fraction of sp³-hybridized carbons (Fsp3) is 0.167. The van der Waals surface area contributed by atoms with Crippen molar-refractivity contribution in [3.05, 3.63) is 65.8 Å². The highest BCUT2D eigenvalue weighted by molar-refractivity contribution is 7.89. The maximum absolute atomic E-state index is 14.7. The molecule has 0 fully saturated rings. The molecule has 3 rings (SSSR count). The zero-order valence-corrected chi connectivity index (χ0v) is 15.9. The molecule has 1 aromatic carbocycles. The number of sulfonamides is 1. The first kappa shape index (κ1) is 21.6. The normalized spacial score (nSPS) is 21.0. The molecular formula is C18H15F4N5O2S. The molecule has 0 spiro atoms. The van der Waals surface area contributed by atoms with E-state index in [2.05, 4.69) is 9.97 Å². The second-order valence-electron chi connectivity index (χ2n) is 6.30. The lowest BCUT2D eigenvalue weighted by Crippen LogP contribution is -2.45. The zero-order chi connectivity index (χ0) is 22.1.